The van der Waals surface area contributed by atoms with Crippen molar-refractivity contribution in [2.24, 2.45) is 11.0 Å². The summed E-state index contributed by atoms with van der Waals surface area (Å²) >= 11 is 0. The Morgan fingerprint density at radius 2 is 2.04 bits per heavy atom. The first-order chi connectivity index (χ1) is 13.3. The summed E-state index contributed by atoms with van der Waals surface area (Å²) < 4.78 is 52.0. The molecular weight excluding hydrogens is 377 g/mol. The summed E-state index contributed by atoms with van der Waals surface area (Å²) in [7, 11) is 0. The van der Waals surface area contributed by atoms with Gasteiger partial charge in [0.1, 0.15) is 0 Å². The van der Waals surface area contributed by atoms with Gasteiger partial charge in [-0.05, 0) is 43.4 Å². The Labute approximate surface area is 159 Å². The molecule has 2 atom stereocenters. The van der Waals surface area contributed by atoms with E-state index >= 15 is 0 Å². The van der Waals surface area contributed by atoms with E-state index in [1.807, 2.05) is 0 Å². The maximum absolute atomic E-state index is 13.8. The van der Waals surface area contributed by atoms with Gasteiger partial charge in [0.25, 0.3) is 5.72 Å². The van der Waals surface area contributed by atoms with Gasteiger partial charge in [-0.3, -0.25) is 4.79 Å². The van der Waals surface area contributed by atoms with Gasteiger partial charge in [0.2, 0.25) is 12.7 Å². The van der Waals surface area contributed by atoms with Crippen LogP contribution in [-0.4, -0.2) is 40.4 Å². The molecule has 6 nitrogen and oxygen atoms in total. The maximum atomic E-state index is 13.8. The van der Waals surface area contributed by atoms with Crippen LogP contribution in [0.25, 0.3) is 0 Å². The molecule has 9 heteroatoms. The first-order valence-corrected chi connectivity index (χ1v) is 9.39. The molecule has 0 radical (unpaired) electrons. The van der Waals surface area contributed by atoms with Gasteiger partial charge in [0.05, 0.1) is 5.92 Å². The minimum atomic E-state index is -4.98. The lowest BCUT2D eigenvalue weighted by Crippen LogP contribution is -2.61. The first-order valence-electron chi connectivity index (χ1n) is 9.39. The standard InChI is InChI=1S/C19H21F3N2O4/c20-19(21,22)18(26)13-4-2-1-3-5-14(13)23-24(18)17(25)9-7-12-6-8-15-16(10-12)28-11-27-15/h6,8,10,13,26H,1-5,7,9,11H2/t13-,18+/m0/s1. The number of carbonyl (C=O) groups is 1. The van der Waals surface area contributed by atoms with Gasteiger partial charge in [-0.25, -0.2) is 0 Å². The lowest BCUT2D eigenvalue weighted by atomic mass is 9.87. The van der Waals surface area contributed by atoms with Gasteiger partial charge in [-0.15, -0.1) is 0 Å². The monoisotopic (exact) mass is 398 g/mol. The Morgan fingerprint density at radius 1 is 1.25 bits per heavy atom. The summed E-state index contributed by atoms with van der Waals surface area (Å²) in [6.45, 7) is 0.114. The zero-order valence-electron chi connectivity index (χ0n) is 15.2. The van der Waals surface area contributed by atoms with Gasteiger partial charge in [0.15, 0.2) is 11.5 Å². The van der Waals surface area contributed by atoms with Gasteiger partial charge in [-0.2, -0.15) is 23.3 Å². The van der Waals surface area contributed by atoms with Crippen molar-refractivity contribution in [2.45, 2.75) is 56.8 Å². The highest BCUT2D eigenvalue weighted by Gasteiger charge is 2.67. The van der Waals surface area contributed by atoms with Crippen LogP contribution in [0.1, 0.15) is 44.1 Å². The molecule has 1 aromatic carbocycles. The van der Waals surface area contributed by atoms with E-state index in [1.54, 1.807) is 18.2 Å². The molecule has 152 valence electrons. The third kappa shape index (κ3) is 3.11. The number of nitrogens with zero attached hydrogens (tertiary/aromatic N) is 2. The van der Waals surface area contributed by atoms with Crippen LogP contribution in [0.2, 0.25) is 0 Å². The van der Waals surface area contributed by atoms with Crippen LogP contribution in [0, 0.1) is 5.92 Å². The number of carbonyl (C=O) groups excluding carboxylic acids is 1. The third-order valence-corrected chi connectivity index (χ3v) is 5.58. The highest BCUT2D eigenvalue weighted by molar-refractivity contribution is 5.93. The molecule has 3 aliphatic rings. The smallest absolute Gasteiger partial charge is 0.439 e. The zero-order chi connectivity index (χ0) is 19.9. The number of amides is 1. The topological polar surface area (TPSA) is 71.4 Å². The molecule has 1 amide bonds. The summed E-state index contributed by atoms with van der Waals surface area (Å²) in [5.41, 5.74) is -2.26. The third-order valence-electron chi connectivity index (χ3n) is 5.58. The molecular formula is C19H21F3N2O4. The molecule has 0 unspecified atom stereocenters. The minimum absolute atomic E-state index is 0.114. The van der Waals surface area contributed by atoms with Crippen molar-refractivity contribution in [3.05, 3.63) is 23.8 Å². The van der Waals surface area contributed by atoms with E-state index in [-0.39, 0.29) is 36.8 Å². The second-order valence-electron chi connectivity index (χ2n) is 7.36. The highest BCUT2D eigenvalue weighted by Crippen LogP contribution is 2.47. The van der Waals surface area contributed by atoms with Crippen molar-refractivity contribution >= 4 is 11.6 Å². The Morgan fingerprint density at radius 3 is 2.82 bits per heavy atom. The van der Waals surface area contributed by atoms with Crippen LogP contribution in [0.3, 0.4) is 0 Å². The molecule has 2 aliphatic heterocycles. The van der Waals surface area contributed by atoms with E-state index < -0.39 is 23.7 Å². The molecule has 1 saturated carbocycles. The van der Waals surface area contributed by atoms with Crippen LogP contribution in [0.5, 0.6) is 11.5 Å². The number of benzene rings is 1. The molecule has 2 heterocycles. The van der Waals surface area contributed by atoms with Gasteiger partial charge in [-0.1, -0.05) is 18.9 Å². The highest BCUT2D eigenvalue weighted by atomic mass is 19.4. The van der Waals surface area contributed by atoms with Crippen LogP contribution in [0.15, 0.2) is 23.3 Å². The molecule has 4 rings (SSSR count). The molecule has 1 aromatic rings. The lowest BCUT2D eigenvalue weighted by Gasteiger charge is -2.37. The first kappa shape index (κ1) is 19.0. The molecule has 0 spiro atoms. The number of hydrogen-bond acceptors (Lipinski definition) is 5. The second-order valence-corrected chi connectivity index (χ2v) is 7.36. The average molecular weight is 398 g/mol. The number of halogens is 3. The number of alkyl halides is 3. The normalized spacial score (nSPS) is 26.6. The largest absolute Gasteiger partial charge is 0.454 e. The molecule has 1 aliphatic carbocycles. The number of aryl methyl sites for hydroxylation is 1. The van der Waals surface area contributed by atoms with Gasteiger partial charge in [0, 0.05) is 12.1 Å². The van der Waals surface area contributed by atoms with Gasteiger partial charge < -0.3 is 14.6 Å². The van der Waals surface area contributed by atoms with E-state index in [0.29, 0.717) is 30.8 Å². The van der Waals surface area contributed by atoms with Gasteiger partial charge >= 0.3 is 6.18 Å². The van der Waals surface area contributed by atoms with Crippen molar-refractivity contribution in [2.75, 3.05) is 6.79 Å². The fourth-order valence-corrected chi connectivity index (χ4v) is 4.09. The molecule has 0 aromatic heterocycles. The summed E-state index contributed by atoms with van der Waals surface area (Å²) in [5.74, 6) is -0.907. The van der Waals surface area contributed by atoms with Crippen molar-refractivity contribution < 1.29 is 32.5 Å². The van der Waals surface area contributed by atoms with Crippen molar-refractivity contribution in [3.63, 3.8) is 0 Å². The molecule has 28 heavy (non-hydrogen) atoms. The Kier molecular flexibility index (Phi) is 4.73. The zero-order valence-corrected chi connectivity index (χ0v) is 15.2. The van der Waals surface area contributed by atoms with E-state index in [0.717, 1.165) is 12.0 Å². The second kappa shape index (κ2) is 6.95. The fraction of sp³-hybridized carbons (Fsp3) is 0.579. The number of hydrogen-bond donors (Lipinski definition) is 1. The SMILES string of the molecule is O=C(CCc1ccc2c(c1)OCO2)N1N=C2CCCCC[C@@H]2[C@@]1(O)C(F)(F)F. The number of aliphatic hydroxyl groups is 1. The summed E-state index contributed by atoms with van der Waals surface area (Å²) in [4.78, 5) is 12.6. The number of rotatable bonds is 3. The van der Waals surface area contributed by atoms with Crippen molar-refractivity contribution in [1.29, 1.82) is 0 Å². The molecule has 0 saturated heterocycles. The van der Waals surface area contributed by atoms with Crippen molar-refractivity contribution in [1.82, 2.24) is 5.01 Å². The predicted octanol–water partition coefficient (Wildman–Crippen LogP) is 3.38. The Hall–Kier alpha value is -2.29. The van der Waals surface area contributed by atoms with E-state index in [9.17, 15) is 23.1 Å². The van der Waals surface area contributed by atoms with Crippen LogP contribution >= 0.6 is 0 Å². The van der Waals surface area contributed by atoms with E-state index in [1.165, 1.54) is 0 Å². The maximum Gasteiger partial charge on any atom is 0.439 e. The molecule has 1 N–H and O–H groups in total. The van der Waals surface area contributed by atoms with Crippen LogP contribution < -0.4 is 9.47 Å². The van der Waals surface area contributed by atoms with E-state index in [4.69, 9.17) is 9.47 Å². The van der Waals surface area contributed by atoms with Crippen LogP contribution in [-0.2, 0) is 11.2 Å². The lowest BCUT2D eigenvalue weighted by molar-refractivity contribution is -0.316. The Balaban J connectivity index is 1.53. The minimum Gasteiger partial charge on any atom is -0.454 e. The van der Waals surface area contributed by atoms with E-state index in [2.05, 4.69) is 5.10 Å². The summed E-state index contributed by atoms with van der Waals surface area (Å²) in [6.07, 6.45) is -2.38. The number of ether oxygens (including phenoxy) is 2. The predicted molar refractivity (Wildman–Crippen MR) is 92.7 cm³/mol. The molecule has 1 fully saturated rings. The van der Waals surface area contributed by atoms with Crippen LogP contribution in [0.4, 0.5) is 13.2 Å². The summed E-state index contributed by atoms with van der Waals surface area (Å²) in [6, 6.07) is 5.13. The molecule has 0 bridgehead atoms. The Bertz CT molecular complexity index is 811. The number of hydrazone groups is 1. The number of fused-ring (bicyclic) bond motifs is 2. The quantitative estimate of drug-likeness (QED) is 0.848. The fourth-order valence-electron chi connectivity index (χ4n) is 4.09. The van der Waals surface area contributed by atoms with Crippen molar-refractivity contribution in [3.8, 4) is 11.5 Å². The average Bonchev–Trinajstić information content (AvgIpc) is 3.14. The summed E-state index contributed by atoms with van der Waals surface area (Å²) in [5, 5.41) is 14.9.